The predicted octanol–water partition coefficient (Wildman–Crippen LogP) is 3.66. The molecule has 8 heteroatoms. The standard InChI is InChI=1S/C25H31N7O/c1-18-14-26-25(27-15-18)30-10-7-20(8-11-30)24-13-21(24)9-12-32(19(2)33)23-5-3-22(4-6-23)31-16-28-29-17-31/h3-6,14-17,20-21,24H,7-13H2,1-2H3/t21-,24-/m1/s1. The van der Waals surface area contributed by atoms with E-state index >= 15 is 0 Å². The van der Waals surface area contributed by atoms with Gasteiger partial charge in [-0.15, -0.1) is 10.2 Å². The van der Waals surface area contributed by atoms with Crippen molar-refractivity contribution in [2.45, 2.75) is 39.5 Å². The quantitative estimate of drug-likeness (QED) is 0.552. The average molecular weight is 446 g/mol. The van der Waals surface area contributed by atoms with Crippen molar-refractivity contribution in [2.75, 3.05) is 29.4 Å². The zero-order chi connectivity index (χ0) is 22.8. The van der Waals surface area contributed by atoms with Crippen molar-refractivity contribution >= 4 is 17.5 Å². The number of carbonyl (C=O) groups is 1. The van der Waals surface area contributed by atoms with Crippen LogP contribution in [-0.4, -0.2) is 50.3 Å². The van der Waals surface area contributed by atoms with Gasteiger partial charge >= 0.3 is 0 Å². The van der Waals surface area contributed by atoms with Gasteiger partial charge in [0.25, 0.3) is 0 Å². The minimum atomic E-state index is 0.0932. The lowest BCUT2D eigenvalue weighted by molar-refractivity contribution is -0.116. The molecule has 0 bridgehead atoms. The lowest BCUT2D eigenvalue weighted by Crippen LogP contribution is -2.35. The zero-order valence-corrected chi connectivity index (χ0v) is 19.3. The number of aromatic nitrogens is 5. The molecule has 2 fully saturated rings. The summed E-state index contributed by atoms with van der Waals surface area (Å²) in [5.41, 5.74) is 3.03. The van der Waals surface area contributed by atoms with Gasteiger partial charge in [-0.05, 0) is 80.2 Å². The second-order valence-electron chi connectivity index (χ2n) is 9.39. The Kier molecular flexibility index (Phi) is 6.07. The Morgan fingerprint density at radius 3 is 2.36 bits per heavy atom. The molecule has 0 N–H and O–H groups in total. The summed E-state index contributed by atoms with van der Waals surface area (Å²) in [5.74, 6) is 3.27. The fraction of sp³-hybridized carbons (Fsp3) is 0.480. The Labute approximate surface area is 194 Å². The van der Waals surface area contributed by atoms with Crippen molar-refractivity contribution in [2.24, 2.45) is 17.8 Å². The van der Waals surface area contributed by atoms with Gasteiger partial charge in [-0.1, -0.05) is 0 Å². The van der Waals surface area contributed by atoms with Crippen LogP contribution in [0.1, 0.15) is 38.2 Å². The van der Waals surface area contributed by atoms with E-state index in [0.717, 1.165) is 66.7 Å². The molecule has 5 rings (SSSR count). The fourth-order valence-corrected chi connectivity index (χ4v) is 5.16. The van der Waals surface area contributed by atoms with Crippen molar-refractivity contribution in [1.82, 2.24) is 24.7 Å². The van der Waals surface area contributed by atoms with E-state index in [-0.39, 0.29) is 5.91 Å². The van der Waals surface area contributed by atoms with Gasteiger partial charge in [0, 0.05) is 50.3 Å². The molecule has 1 saturated heterocycles. The first-order chi connectivity index (χ1) is 16.1. The van der Waals surface area contributed by atoms with Gasteiger partial charge < -0.3 is 9.80 Å². The maximum absolute atomic E-state index is 12.3. The Morgan fingerprint density at radius 1 is 1.06 bits per heavy atom. The molecule has 1 aromatic carbocycles. The van der Waals surface area contributed by atoms with Gasteiger partial charge in [-0.3, -0.25) is 9.36 Å². The Hall–Kier alpha value is -3.29. The van der Waals surface area contributed by atoms with Crippen LogP contribution in [-0.2, 0) is 4.79 Å². The van der Waals surface area contributed by atoms with Gasteiger partial charge in [0.2, 0.25) is 11.9 Å². The number of rotatable bonds is 7. The lowest BCUT2D eigenvalue weighted by Gasteiger charge is -2.32. The van der Waals surface area contributed by atoms with E-state index in [1.807, 2.05) is 53.0 Å². The summed E-state index contributed by atoms with van der Waals surface area (Å²) >= 11 is 0. The monoisotopic (exact) mass is 445 g/mol. The van der Waals surface area contributed by atoms with Crippen molar-refractivity contribution in [1.29, 1.82) is 0 Å². The summed E-state index contributed by atoms with van der Waals surface area (Å²) < 4.78 is 1.85. The molecule has 8 nitrogen and oxygen atoms in total. The summed E-state index contributed by atoms with van der Waals surface area (Å²) in [5, 5.41) is 7.70. The topological polar surface area (TPSA) is 80.0 Å². The normalized spacial score (nSPS) is 20.6. The number of aryl methyl sites for hydroxylation is 1. The molecular weight excluding hydrogens is 414 g/mol. The largest absolute Gasteiger partial charge is 0.341 e. The van der Waals surface area contributed by atoms with E-state index in [0.29, 0.717) is 0 Å². The highest BCUT2D eigenvalue weighted by Gasteiger charge is 2.43. The van der Waals surface area contributed by atoms with Crippen LogP contribution >= 0.6 is 0 Å². The highest BCUT2D eigenvalue weighted by molar-refractivity contribution is 5.91. The number of carbonyl (C=O) groups excluding carboxylic acids is 1. The minimum Gasteiger partial charge on any atom is -0.341 e. The number of nitrogens with zero attached hydrogens (tertiary/aromatic N) is 7. The molecule has 0 unspecified atom stereocenters. The number of piperidine rings is 1. The highest BCUT2D eigenvalue weighted by Crippen LogP contribution is 2.50. The van der Waals surface area contributed by atoms with Crippen LogP contribution in [0.4, 0.5) is 11.6 Å². The van der Waals surface area contributed by atoms with Gasteiger partial charge in [0.05, 0.1) is 0 Å². The van der Waals surface area contributed by atoms with Crippen LogP contribution in [0.2, 0.25) is 0 Å². The third kappa shape index (κ3) is 4.89. The minimum absolute atomic E-state index is 0.0932. The molecule has 2 aliphatic rings. The number of benzene rings is 1. The molecule has 1 aliphatic heterocycles. The Bertz CT molecular complexity index is 1060. The molecule has 1 amide bonds. The van der Waals surface area contributed by atoms with Gasteiger partial charge in [-0.25, -0.2) is 9.97 Å². The zero-order valence-electron chi connectivity index (χ0n) is 19.3. The lowest BCUT2D eigenvalue weighted by atomic mass is 9.90. The summed E-state index contributed by atoms with van der Waals surface area (Å²) in [4.78, 5) is 25.5. The average Bonchev–Trinajstić information content (AvgIpc) is 3.39. The molecule has 172 valence electrons. The van der Waals surface area contributed by atoms with Crippen molar-refractivity contribution in [3.05, 3.63) is 54.9 Å². The number of hydrogen-bond donors (Lipinski definition) is 0. The molecule has 1 saturated carbocycles. The van der Waals surface area contributed by atoms with E-state index in [1.165, 1.54) is 19.3 Å². The van der Waals surface area contributed by atoms with E-state index in [9.17, 15) is 4.79 Å². The number of anilines is 2. The maximum atomic E-state index is 12.3. The molecule has 2 aromatic heterocycles. The predicted molar refractivity (Wildman–Crippen MR) is 127 cm³/mol. The molecular formula is C25H31N7O. The summed E-state index contributed by atoms with van der Waals surface area (Å²) in [6.07, 6.45) is 11.9. The first-order valence-corrected chi connectivity index (χ1v) is 11.9. The molecule has 0 radical (unpaired) electrons. The van der Waals surface area contributed by atoms with Crippen LogP contribution in [0.3, 0.4) is 0 Å². The van der Waals surface area contributed by atoms with Crippen LogP contribution < -0.4 is 9.80 Å². The maximum Gasteiger partial charge on any atom is 0.225 e. The van der Waals surface area contributed by atoms with Crippen LogP contribution in [0.15, 0.2) is 49.3 Å². The van der Waals surface area contributed by atoms with Gasteiger partial charge in [0.15, 0.2) is 0 Å². The SMILES string of the molecule is CC(=O)N(CC[C@@H]1C[C@@H]1C1CCN(c2ncc(C)cn2)CC1)c1ccc(-n2cnnc2)cc1. The smallest absolute Gasteiger partial charge is 0.225 e. The van der Waals surface area contributed by atoms with E-state index in [1.54, 1.807) is 19.6 Å². The summed E-state index contributed by atoms with van der Waals surface area (Å²) in [6.45, 7) is 6.52. The van der Waals surface area contributed by atoms with Crippen molar-refractivity contribution in [3.63, 3.8) is 0 Å². The first kappa shape index (κ1) is 21.6. The Balaban J connectivity index is 1.12. The molecule has 3 heterocycles. The second kappa shape index (κ2) is 9.29. The third-order valence-corrected chi connectivity index (χ3v) is 7.15. The Morgan fingerprint density at radius 2 is 1.73 bits per heavy atom. The molecule has 3 aromatic rings. The molecule has 2 atom stereocenters. The fourth-order valence-electron chi connectivity index (χ4n) is 5.16. The summed E-state index contributed by atoms with van der Waals surface area (Å²) in [7, 11) is 0. The van der Waals surface area contributed by atoms with Crippen molar-refractivity contribution in [3.8, 4) is 5.69 Å². The molecule has 33 heavy (non-hydrogen) atoms. The van der Waals surface area contributed by atoms with E-state index in [2.05, 4.69) is 25.1 Å². The van der Waals surface area contributed by atoms with Crippen LogP contribution in [0, 0.1) is 24.7 Å². The van der Waals surface area contributed by atoms with E-state index in [4.69, 9.17) is 0 Å². The molecule has 0 spiro atoms. The first-order valence-electron chi connectivity index (χ1n) is 11.9. The number of hydrogen-bond acceptors (Lipinski definition) is 6. The highest BCUT2D eigenvalue weighted by atomic mass is 16.2. The van der Waals surface area contributed by atoms with Gasteiger partial charge in [-0.2, -0.15) is 0 Å². The van der Waals surface area contributed by atoms with Crippen molar-refractivity contribution < 1.29 is 4.79 Å². The molecule has 1 aliphatic carbocycles. The van der Waals surface area contributed by atoms with Crippen LogP contribution in [0.25, 0.3) is 5.69 Å². The third-order valence-electron chi connectivity index (χ3n) is 7.15. The number of amides is 1. The van der Waals surface area contributed by atoms with E-state index < -0.39 is 0 Å². The van der Waals surface area contributed by atoms with Crippen LogP contribution in [0.5, 0.6) is 0 Å². The summed E-state index contributed by atoms with van der Waals surface area (Å²) in [6, 6.07) is 8.01. The second-order valence-corrected chi connectivity index (χ2v) is 9.39. The van der Waals surface area contributed by atoms with Gasteiger partial charge in [0.1, 0.15) is 12.7 Å².